The van der Waals surface area contributed by atoms with E-state index in [1.165, 1.54) is 13.0 Å². The van der Waals surface area contributed by atoms with Crippen LogP contribution in [-0.2, 0) is 4.74 Å². The van der Waals surface area contributed by atoms with E-state index >= 15 is 0 Å². The molecule has 2 aromatic rings. The first kappa shape index (κ1) is 14.5. The third kappa shape index (κ3) is 2.55. The zero-order chi connectivity index (χ0) is 15.6. The number of aromatic hydroxyl groups is 1. The number of carbonyl (C=O) groups excluding carboxylic acids is 1. The van der Waals surface area contributed by atoms with Crippen molar-refractivity contribution in [1.82, 2.24) is 0 Å². The van der Waals surface area contributed by atoms with Gasteiger partial charge in [0.25, 0.3) is 5.69 Å². The molecule has 1 N–H and O–H groups in total. The molecule has 0 saturated heterocycles. The SMILES string of the molecule is COC(=O)c1c(O)c(C)cc([N+](=O)[O-])c1-c1ccccc1. The van der Waals surface area contributed by atoms with Gasteiger partial charge in [0.2, 0.25) is 0 Å². The van der Waals surface area contributed by atoms with E-state index < -0.39 is 10.9 Å². The Kier molecular flexibility index (Phi) is 3.89. The second kappa shape index (κ2) is 5.62. The number of methoxy groups -OCH3 is 1. The lowest BCUT2D eigenvalue weighted by Crippen LogP contribution is -2.07. The van der Waals surface area contributed by atoms with Crippen LogP contribution in [0, 0.1) is 17.0 Å². The summed E-state index contributed by atoms with van der Waals surface area (Å²) in [7, 11) is 1.16. The number of nitro benzene ring substituents is 1. The van der Waals surface area contributed by atoms with Crippen molar-refractivity contribution in [2.75, 3.05) is 7.11 Å². The highest BCUT2D eigenvalue weighted by Crippen LogP contribution is 2.40. The third-order valence-corrected chi connectivity index (χ3v) is 3.12. The molecule has 0 aromatic heterocycles. The Morgan fingerprint density at radius 3 is 2.43 bits per heavy atom. The summed E-state index contributed by atoms with van der Waals surface area (Å²) in [4.78, 5) is 22.7. The molecule has 0 unspecified atom stereocenters. The lowest BCUT2D eigenvalue weighted by atomic mass is 9.94. The zero-order valence-electron chi connectivity index (χ0n) is 11.5. The van der Waals surface area contributed by atoms with Gasteiger partial charge in [0.05, 0.1) is 17.6 Å². The minimum Gasteiger partial charge on any atom is -0.507 e. The predicted molar refractivity (Wildman–Crippen MR) is 76.3 cm³/mol. The zero-order valence-corrected chi connectivity index (χ0v) is 11.5. The lowest BCUT2D eigenvalue weighted by molar-refractivity contribution is -0.384. The highest BCUT2D eigenvalue weighted by molar-refractivity contribution is 6.03. The molecule has 6 nitrogen and oxygen atoms in total. The number of hydrogen-bond acceptors (Lipinski definition) is 5. The van der Waals surface area contributed by atoms with Crippen LogP contribution in [0.5, 0.6) is 5.75 Å². The van der Waals surface area contributed by atoms with Gasteiger partial charge < -0.3 is 9.84 Å². The molecular weight excluding hydrogens is 274 g/mol. The summed E-state index contributed by atoms with van der Waals surface area (Å²) >= 11 is 0. The van der Waals surface area contributed by atoms with Crippen LogP contribution in [0.25, 0.3) is 11.1 Å². The first-order chi connectivity index (χ1) is 9.97. The summed E-state index contributed by atoms with van der Waals surface area (Å²) in [5.74, 6) is -1.13. The van der Waals surface area contributed by atoms with E-state index in [-0.39, 0.29) is 28.1 Å². The van der Waals surface area contributed by atoms with Crippen LogP contribution in [0.4, 0.5) is 5.69 Å². The molecule has 108 valence electrons. The maximum Gasteiger partial charge on any atom is 0.342 e. The van der Waals surface area contributed by atoms with Gasteiger partial charge in [-0.2, -0.15) is 0 Å². The molecular formula is C15H13NO5. The Hall–Kier alpha value is -2.89. The number of hydrogen-bond donors (Lipinski definition) is 1. The van der Waals surface area contributed by atoms with E-state index in [4.69, 9.17) is 0 Å². The van der Waals surface area contributed by atoms with E-state index in [2.05, 4.69) is 4.74 Å². The summed E-state index contributed by atoms with van der Waals surface area (Å²) in [6.07, 6.45) is 0. The average molecular weight is 287 g/mol. The van der Waals surface area contributed by atoms with E-state index in [1.54, 1.807) is 30.3 Å². The lowest BCUT2D eigenvalue weighted by Gasteiger charge is -2.12. The fraction of sp³-hybridized carbons (Fsp3) is 0.133. The number of carbonyl (C=O) groups is 1. The van der Waals surface area contributed by atoms with E-state index in [0.717, 1.165) is 7.11 Å². The first-order valence-corrected chi connectivity index (χ1v) is 6.12. The van der Waals surface area contributed by atoms with Gasteiger partial charge in [-0.25, -0.2) is 4.79 Å². The number of phenolic OH excluding ortho intramolecular Hbond substituents is 1. The van der Waals surface area contributed by atoms with Crippen LogP contribution < -0.4 is 0 Å². The number of esters is 1. The minimum absolute atomic E-state index is 0.0514. The second-order valence-corrected chi connectivity index (χ2v) is 4.43. The summed E-state index contributed by atoms with van der Waals surface area (Å²) in [5, 5.41) is 21.4. The number of nitrogens with zero attached hydrogens (tertiary/aromatic N) is 1. The Balaban J connectivity index is 2.90. The van der Waals surface area contributed by atoms with Crippen molar-refractivity contribution in [2.24, 2.45) is 0 Å². The monoisotopic (exact) mass is 287 g/mol. The summed E-state index contributed by atoms with van der Waals surface area (Å²) in [5.41, 5.74) is 0.296. The molecule has 0 amide bonds. The quantitative estimate of drug-likeness (QED) is 0.532. The molecule has 2 rings (SSSR count). The van der Waals surface area contributed by atoms with Crippen LogP contribution in [0.2, 0.25) is 0 Å². The molecule has 0 fully saturated rings. The minimum atomic E-state index is -0.821. The summed E-state index contributed by atoms with van der Waals surface area (Å²) < 4.78 is 4.65. The Morgan fingerprint density at radius 1 is 1.29 bits per heavy atom. The van der Waals surface area contributed by atoms with Gasteiger partial charge in [-0.05, 0) is 18.1 Å². The molecule has 0 aliphatic rings. The largest absolute Gasteiger partial charge is 0.507 e. The number of nitro groups is 1. The number of phenols is 1. The highest BCUT2D eigenvalue weighted by atomic mass is 16.6. The molecule has 6 heteroatoms. The standard InChI is InChI=1S/C15H13NO5/c1-9-8-11(16(19)20)12(10-6-4-3-5-7-10)13(14(9)17)15(18)21-2/h3-8,17H,1-2H3. The van der Waals surface area contributed by atoms with Gasteiger partial charge in [0.15, 0.2) is 0 Å². The van der Waals surface area contributed by atoms with Crippen molar-refractivity contribution < 1.29 is 19.6 Å². The topological polar surface area (TPSA) is 89.7 Å². The molecule has 0 radical (unpaired) electrons. The molecule has 2 aromatic carbocycles. The highest BCUT2D eigenvalue weighted by Gasteiger charge is 2.28. The summed E-state index contributed by atoms with van der Waals surface area (Å²) in [6.45, 7) is 1.49. The molecule has 0 heterocycles. The molecule has 0 bridgehead atoms. The van der Waals surface area contributed by atoms with Crippen molar-refractivity contribution in [1.29, 1.82) is 0 Å². The predicted octanol–water partition coefficient (Wildman–Crippen LogP) is 3.06. The van der Waals surface area contributed by atoms with E-state index in [1.807, 2.05) is 0 Å². The number of ether oxygens (including phenoxy) is 1. The van der Waals surface area contributed by atoms with E-state index in [9.17, 15) is 20.0 Å². The molecule has 0 saturated carbocycles. The Morgan fingerprint density at radius 2 is 1.90 bits per heavy atom. The van der Waals surface area contributed by atoms with Gasteiger partial charge in [0, 0.05) is 6.07 Å². The Labute approximate surface area is 120 Å². The van der Waals surface area contributed by atoms with Gasteiger partial charge in [0.1, 0.15) is 11.3 Å². The van der Waals surface area contributed by atoms with Gasteiger partial charge >= 0.3 is 5.97 Å². The molecule has 0 atom stereocenters. The fourth-order valence-corrected chi connectivity index (χ4v) is 2.13. The molecule has 21 heavy (non-hydrogen) atoms. The molecule has 0 aliphatic heterocycles. The average Bonchev–Trinajstić information content (AvgIpc) is 2.49. The maximum atomic E-state index is 12.0. The van der Waals surface area contributed by atoms with Crippen molar-refractivity contribution in [3.05, 3.63) is 57.6 Å². The van der Waals surface area contributed by atoms with Crippen LogP contribution in [0.15, 0.2) is 36.4 Å². The van der Waals surface area contributed by atoms with Gasteiger partial charge in [-0.15, -0.1) is 0 Å². The first-order valence-electron chi connectivity index (χ1n) is 6.12. The number of aryl methyl sites for hydroxylation is 1. The summed E-state index contributed by atoms with van der Waals surface area (Å²) in [6, 6.07) is 9.63. The van der Waals surface area contributed by atoms with Crippen LogP contribution >= 0.6 is 0 Å². The van der Waals surface area contributed by atoms with Crippen LogP contribution in [0.3, 0.4) is 0 Å². The smallest absolute Gasteiger partial charge is 0.342 e. The fourth-order valence-electron chi connectivity index (χ4n) is 2.13. The maximum absolute atomic E-state index is 12.0. The molecule has 0 spiro atoms. The van der Waals surface area contributed by atoms with Crippen molar-refractivity contribution in [2.45, 2.75) is 6.92 Å². The normalized spacial score (nSPS) is 10.2. The van der Waals surface area contributed by atoms with Gasteiger partial charge in [-0.3, -0.25) is 10.1 Å². The molecule has 0 aliphatic carbocycles. The Bertz CT molecular complexity index is 710. The van der Waals surface area contributed by atoms with Crippen molar-refractivity contribution in [3.63, 3.8) is 0 Å². The number of benzene rings is 2. The van der Waals surface area contributed by atoms with Crippen molar-refractivity contribution >= 4 is 11.7 Å². The van der Waals surface area contributed by atoms with Crippen LogP contribution in [-0.4, -0.2) is 23.1 Å². The second-order valence-electron chi connectivity index (χ2n) is 4.43. The van der Waals surface area contributed by atoms with Gasteiger partial charge in [-0.1, -0.05) is 30.3 Å². The number of rotatable bonds is 3. The van der Waals surface area contributed by atoms with Crippen LogP contribution in [0.1, 0.15) is 15.9 Å². The van der Waals surface area contributed by atoms with E-state index in [0.29, 0.717) is 5.56 Å². The van der Waals surface area contributed by atoms with Crippen molar-refractivity contribution in [3.8, 4) is 16.9 Å². The third-order valence-electron chi connectivity index (χ3n) is 3.12.